The Hall–Kier alpha value is -1.42. The van der Waals surface area contributed by atoms with E-state index in [9.17, 15) is 0 Å². The van der Waals surface area contributed by atoms with Crippen molar-refractivity contribution in [2.45, 2.75) is 33.7 Å². The molecule has 0 spiro atoms. The lowest BCUT2D eigenvalue weighted by Gasteiger charge is -2.16. The lowest BCUT2D eigenvalue weighted by atomic mass is 10.1. The Kier molecular flexibility index (Phi) is 14.7. The minimum atomic E-state index is 0. The summed E-state index contributed by atoms with van der Waals surface area (Å²) in [5, 5.41) is 6.58. The summed E-state index contributed by atoms with van der Waals surface area (Å²) in [6, 6.07) is 3.80. The third kappa shape index (κ3) is 9.18. The summed E-state index contributed by atoms with van der Waals surface area (Å²) >= 11 is 0. The number of rotatable bonds is 12. The Morgan fingerprint density at radius 2 is 1.75 bits per heavy atom. The van der Waals surface area contributed by atoms with Gasteiger partial charge >= 0.3 is 0 Å². The molecule has 1 aromatic rings. The van der Waals surface area contributed by atoms with Crippen LogP contribution < -0.4 is 24.8 Å². The molecule has 0 heterocycles. The fourth-order valence-corrected chi connectivity index (χ4v) is 2.49. The fourth-order valence-electron chi connectivity index (χ4n) is 2.49. The van der Waals surface area contributed by atoms with Crippen LogP contribution in [0.2, 0.25) is 0 Å². The van der Waals surface area contributed by atoms with E-state index >= 15 is 0 Å². The summed E-state index contributed by atoms with van der Waals surface area (Å²) in [4.78, 5) is 4.65. The lowest BCUT2D eigenvalue weighted by molar-refractivity contribution is 0.108. The zero-order chi connectivity index (χ0) is 20.1. The number of hydrogen-bond donors (Lipinski definition) is 2. The van der Waals surface area contributed by atoms with Gasteiger partial charge < -0.3 is 29.6 Å². The number of aliphatic imine (C=N–C) groups is 1. The van der Waals surface area contributed by atoms with E-state index in [4.69, 9.17) is 18.9 Å². The van der Waals surface area contributed by atoms with E-state index in [1.807, 2.05) is 19.1 Å². The van der Waals surface area contributed by atoms with E-state index in [1.54, 1.807) is 21.3 Å². The van der Waals surface area contributed by atoms with Crippen molar-refractivity contribution in [1.29, 1.82) is 0 Å². The highest BCUT2D eigenvalue weighted by Crippen LogP contribution is 2.39. The van der Waals surface area contributed by atoms with Crippen molar-refractivity contribution in [3.8, 4) is 17.2 Å². The molecule has 0 saturated carbocycles. The summed E-state index contributed by atoms with van der Waals surface area (Å²) in [6.45, 7) is 9.93. The van der Waals surface area contributed by atoms with Crippen LogP contribution in [0.15, 0.2) is 17.1 Å². The molecule has 0 aliphatic heterocycles. The molecule has 0 aromatic heterocycles. The monoisotopic (exact) mass is 509 g/mol. The molecule has 0 bridgehead atoms. The third-order valence-corrected chi connectivity index (χ3v) is 3.75. The summed E-state index contributed by atoms with van der Waals surface area (Å²) in [7, 11) is 4.82. The van der Waals surface area contributed by atoms with Gasteiger partial charge in [-0.25, -0.2) is 4.99 Å². The number of halogens is 1. The van der Waals surface area contributed by atoms with Crippen LogP contribution in [-0.2, 0) is 11.3 Å². The second-order valence-electron chi connectivity index (χ2n) is 6.44. The Balaban J connectivity index is 0.00000729. The first kappa shape index (κ1) is 26.6. The van der Waals surface area contributed by atoms with E-state index in [-0.39, 0.29) is 24.0 Å². The number of guanidine groups is 1. The number of hydrogen-bond acceptors (Lipinski definition) is 5. The van der Waals surface area contributed by atoms with E-state index in [0.717, 1.165) is 44.2 Å². The van der Waals surface area contributed by atoms with Crippen LogP contribution in [0.4, 0.5) is 0 Å². The highest BCUT2D eigenvalue weighted by atomic mass is 127. The Labute approximate surface area is 186 Å². The molecule has 7 nitrogen and oxygen atoms in total. The van der Waals surface area contributed by atoms with Crippen molar-refractivity contribution < 1.29 is 18.9 Å². The molecular formula is C20H36IN3O4. The van der Waals surface area contributed by atoms with Crippen molar-refractivity contribution in [3.05, 3.63) is 17.7 Å². The number of benzene rings is 1. The molecular weight excluding hydrogens is 473 g/mol. The van der Waals surface area contributed by atoms with Gasteiger partial charge in [0.05, 0.1) is 27.9 Å². The number of nitrogens with one attached hydrogen (secondary N) is 2. The largest absolute Gasteiger partial charge is 0.493 e. The van der Waals surface area contributed by atoms with Gasteiger partial charge in [-0.05, 0) is 31.4 Å². The average Bonchev–Trinajstić information content (AvgIpc) is 2.67. The minimum Gasteiger partial charge on any atom is -0.493 e. The third-order valence-electron chi connectivity index (χ3n) is 3.75. The van der Waals surface area contributed by atoms with E-state index in [2.05, 4.69) is 29.5 Å². The summed E-state index contributed by atoms with van der Waals surface area (Å²) in [5.41, 5.74) is 0.924. The molecule has 1 rings (SSSR count). The molecule has 0 saturated heterocycles. The number of nitrogens with zero attached hydrogens (tertiary/aromatic N) is 1. The van der Waals surface area contributed by atoms with Gasteiger partial charge in [0.2, 0.25) is 5.75 Å². The molecule has 0 aliphatic carbocycles. The van der Waals surface area contributed by atoms with Gasteiger partial charge in [-0.3, -0.25) is 0 Å². The standard InChI is InChI=1S/C20H35N3O4.HI/c1-7-21-20(22-11-8-12-27-14-15(2)3)23-13-16-9-10-17(24-4)19(26-6)18(16)25-5;/h9-10,15H,7-8,11-14H2,1-6H3,(H2,21,22,23);1H. The van der Waals surface area contributed by atoms with Crippen molar-refractivity contribution in [2.75, 3.05) is 47.6 Å². The maximum atomic E-state index is 5.60. The van der Waals surface area contributed by atoms with Crippen LogP contribution in [0, 0.1) is 5.92 Å². The summed E-state index contributed by atoms with van der Waals surface area (Å²) in [5.74, 6) is 3.17. The minimum absolute atomic E-state index is 0. The number of ether oxygens (including phenoxy) is 4. The zero-order valence-electron chi connectivity index (χ0n) is 18.0. The second-order valence-corrected chi connectivity index (χ2v) is 6.44. The van der Waals surface area contributed by atoms with Crippen molar-refractivity contribution >= 4 is 29.9 Å². The SMILES string of the molecule is CCNC(=NCc1ccc(OC)c(OC)c1OC)NCCCOCC(C)C.I. The molecule has 0 aliphatic rings. The highest BCUT2D eigenvalue weighted by Gasteiger charge is 2.15. The Bertz CT molecular complexity index is 583. The van der Waals surface area contributed by atoms with Crippen LogP contribution in [0.25, 0.3) is 0 Å². The zero-order valence-corrected chi connectivity index (χ0v) is 20.3. The van der Waals surface area contributed by atoms with Crippen LogP contribution >= 0.6 is 24.0 Å². The van der Waals surface area contributed by atoms with Gasteiger partial charge in [0.15, 0.2) is 17.5 Å². The summed E-state index contributed by atoms with van der Waals surface area (Å²) in [6.07, 6.45) is 0.927. The Morgan fingerprint density at radius 3 is 2.32 bits per heavy atom. The van der Waals surface area contributed by atoms with Crippen molar-refractivity contribution in [2.24, 2.45) is 10.9 Å². The van der Waals surface area contributed by atoms with Crippen LogP contribution in [0.1, 0.15) is 32.8 Å². The smallest absolute Gasteiger partial charge is 0.203 e. The molecule has 2 N–H and O–H groups in total. The highest BCUT2D eigenvalue weighted by molar-refractivity contribution is 14.0. The van der Waals surface area contributed by atoms with Crippen LogP contribution in [0.3, 0.4) is 0 Å². The number of methoxy groups -OCH3 is 3. The maximum Gasteiger partial charge on any atom is 0.203 e. The van der Waals surface area contributed by atoms with Gasteiger partial charge in [-0.1, -0.05) is 13.8 Å². The predicted octanol–water partition coefficient (Wildman–Crippen LogP) is 3.45. The normalized spacial score (nSPS) is 11.0. The molecule has 162 valence electrons. The summed E-state index contributed by atoms with van der Waals surface area (Å²) < 4.78 is 21.9. The molecule has 8 heteroatoms. The predicted molar refractivity (Wildman–Crippen MR) is 125 cm³/mol. The van der Waals surface area contributed by atoms with Gasteiger partial charge in [0.25, 0.3) is 0 Å². The fraction of sp³-hybridized carbons (Fsp3) is 0.650. The maximum absolute atomic E-state index is 5.60. The molecule has 0 radical (unpaired) electrons. The van der Waals surface area contributed by atoms with Crippen molar-refractivity contribution in [3.63, 3.8) is 0 Å². The molecule has 0 unspecified atom stereocenters. The van der Waals surface area contributed by atoms with E-state index in [0.29, 0.717) is 29.7 Å². The molecule has 0 fully saturated rings. The van der Waals surface area contributed by atoms with Gasteiger partial charge in [0, 0.05) is 31.9 Å². The average molecular weight is 509 g/mol. The van der Waals surface area contributed by atoms with Gasteiger partial charge in [0.1, 0.15) is 0 Å². The lowest BCUT2D eigenvalue weighted by Crippen LogP contribution is -2.38. The first-order chi connectivity index (χ1) is 13.1. The first-order valence-corrected chi connectivity index (χ1v) is 9.45. The molecule has 0 amide bonds. The molecule has 28 heavy (non-hydrogen) atoms. The molecule has 0 atom stereocenters. The first-order valence-electron chi connectivity index (χ1n) is 9.45. The van der Waals surface area contributed by atoms with Crippen molar-refractivity contribution in [1.82, 2.24) is 10.6 Å². The Morgan fingerprint density at radius 1 is 1.04 bits per heavy atom. The quantitative estimate of drug-likeness (QED) is 0.195. The van der Waals surface area contributed by atoms with E-state index in [1.165, 1.54) is 0 Å². The van der Waals surface area contributed by atoms with Crippen LogP contribution in [0.5, 0.6) is 17.2 Å². The molecule has 1 aromatic carbocycles. The van der Waals surface area contributed by atoms with Gasteiger partial charge in [-0.15, -0.1) is 24.0 Å². The topological polar surface area (TPSA) is 73.3 Å². The van der Waals surface area contributed by atoms with Crippen LogP contribution in [-0.4, -0.2) is 53.6 Å². The van der Waals surface area contributed by atoms with E-state index < -0.39 is 0 Å². The second kappa shape index (κ2) is 15.5. The van der Waals surface area contributed by atoms with Gasteiger partial charge in [-0.2, -0.15) is 0 Å².